The molecule has 1 atom stereocenters. The van der Waals surface area contributed by atoms with Crippen LogP contribution in [0, 0.1) is 0 Å². The van der Waals surface area contributed by atoms with E-state index in [1.54, 1.807) is 0 Å². The van der Waals surface area contributed by atoms with Crippen LogP contribution >= 0.6 is 0 Å². The van der Waals surface area contributed by atoms with Crippen molar-refractivity contribution in [2.75, 3.05) is 5.75 Å². The van der Waals surface area contributed by atoms with E-state index in [-0.39, 0.29) is 12.1 Å². The molecule has 1 aromatic rings. The molecule has 0 bridgehead atoms. The largest absolute Gasteiger partial charge is 0.772 e. The lowest BCUT2D eigenvalue weighted by atomic mass is 10.1. The zero-order chi connectivity index (χ0) is 12.7. The predicted molar refractivity (Wildman–Crippen MR) is 62.2 cm³/mol. The number of hydrogen-bond acceptors (Lipinski definition) is 3. The SMILES string of the molecule is [N-]=[N+]=C(CS(=O)[O-])C(=O)CCc1ccccc1. The standard InChI is InChI=1S/C11H12N2O3S/c12-13-10(8-17(15)16)11(14)7-6-9-4-2-1-3-5-9/h1-5H,6-8H2,(H,15,16)/p-1. The van der Waals surface area contributed by atoms with Crippen molar-refractivity contribution in [3.8, 4) is 0 Å². The fourth-order valence-electron chi connectivity index (χ4n) is 1.32. The molecule has 1 rings (SSSR count). The van der Waals surface area contributed by atoms with E-state index in [0.29, 0.717) is 6.42 Å². The van der Waals surface area contributed by atoms with Crippen LogP contribution in [0.1, 0.15) is 12.0 Å². The van der Waals surface area contributed by atoms with Gasteiger partial charge in [-0.05, 0) is 23.1 Å². The van der Waals surface area contributed by atoms with Gasteiger partial charge >= 0.3 is 5.71 Å². The van der Waals surface area contributed by atoms with Crippen LogP contribution in [0.4, 0.5) is 0 Å². The minimum atomic E-state index is -2.43. The molecular weight excluding hydrogens is 240 g/mol. The number of aryl methyl sites for hydroxylation is 1. The van der Waals surface area contributed by atoms with Crippen LogP contribution in [0.3, 0.4) is 0 Å². The zero-order valence-corrected chi connectivity index (χ0v) is 9.85. The fraction of sp³-hybridized carbons (Fsp3) is 0.273. The first-order valence-electron chi connectivity index (χ1n) is 4.97. The molecule has 0 spiro atoms. The molecule has 0 aromatic heterocycles. The lowest BCUT2D eigenvalue weighted by Gasteiger charge is -2.01. The normalized spacial score (nSPS) is 11.6. The fourth-order valence-corrected chi connectivity index (χ4v) is 1.77. The third-order valence-electron chi connectivity index (χ3n) is 2.18. The van der Waals surface area contributed by atoms with E-state index in [9.17, 15) is 13.6 Å². The molecule has 0 N–H and O–H groups in total. The Kier molecular flexibility index (Phi) is 5.42. The monoisotopic (exact) mass is 251 g/mol. The van der Waals surface area contributed by atoms with E-state index in [4.69, 9.17) is 5.53 Å². The van der Waals surface area contributed by atoms with E-state index < -0.39 is 22.6 Å². The predicted octanol–water partition coefficient (Wildman–Crippen LogP) is 0.738. The maximum atomic E-state index is 11.5. The van der Waals surface area contributed by atoms with Crippen LogP contribution in [0.5, 0.6) is 0 Å². The summed E-state index contributed by atoms with van der Waals surface area (Å²) in [6, 6.07) is 9.32. The molecule has 6 heteroatoms. The molecule has 1 aromatic carbocycles. The van der Waals surface area contributed by atoms with Gasteiger partial charge in [0.2, 0.25) is 5.78 Å². The van der Waals surface area contributed by atoms with Crippen molar-refractivity contribution in [1.29, 1.82) is 0 Å². The van der Waals surface area contributed by atoms with Gasteiger partial charge in [-0.3, -0.25) is 9.00 Å². The molecule has 0 heterocycles. The number of benzene rings is 1. The Balaban J connectivity index is 2.55. The molecule has 0 amide bonds. The average Bonchev–Trinajstić information content (AvgIpc) is 2.34. The van der Waals surface area contributed by atoms with Gasteiger partial charge in [0.15, 0.2) is 0 Å². The van der Waals surface area contributed by atoms with Crippen LogP contribution in [0.15, 0.2) is 30.3 Å². The van der Waals surface area contributed by atoms with Crippen molar-refractivity contribution in [3.63, 3.8) is 0 Å². The molecule has 1 unspecified atom stereocenters. The number of carbonyl (C=O) groups excluding carboxylic acids is 1. The van der Waals surface area contributed by atoms with Gasteiger partial charge in [0.05, 0.1) is 0 Å². The summed E-state index contributed by atoms with van der Waals surface area (Å²) in [7, 11) is 0. The van der Waals surface area contributed by atoms with Crippen LogP contribution < -0.4 is 0 Å². The summed E-state index contributed by atoms with van der Waals surface area (Å²) in [5, 5.41) is 0. The van der Waals surface area contributed by atoms with Crippen molar-refractivity contribution >= 4 is 22.6 Å². The Morgan fingerprint density at radius 3 is 2.53 bits per heavy atom. The summed E-state index contributed by atoms with van der Waals surface area (Å²) in [5.74, 6) is -1.01. The molecule has 0 aliphatic rings. The highest BCUT2D eigenvalue weighted by atomic mass is 32.2. The second-order valence-corrected chi connectivity index (χ2v) is 4.30. The first-order valence-corrected chi connectivity index (χ1v) is 6.22. The minimum absolute atomic E-state index is 0.126. The molecule has 17 heavy (non-hydrogen) atoms. The van der Waals surface area contributed by atoms with Gasteiger partial charge in [0.25, 0.3) is 0 Å². The van der Waals surface area contributed by atoms with E-state index in [0.717, 1.165) is 5.56 Å². The third-order valence-corrected chi connectivity index (χ3v) is 2.69. The smallest absolute Gasteiger partial charge is 0.345 e. The van der Waals surface area contributed by atoms with Crippen molar-refractivity contribution in [2.45, 2.75) is 12.8 Å². The van der Waals surface area contributed by atoms with E-state index in [1.807, 2.05) is 30.3 Å². The molecule has 0 fully saturated rings. The molecule has 0 saturated carbocycles. The quantitative estimate of drug-likeness (QED) is 0.323. The summed E-state index contributed by atoms with van der Waals surface area (Å²) < 4.78 is 20.8. The maximum absolute atomic E-state index is 11.5. The second-order valence-electron chi connectivity index (χ2n) is 3.40. The van der Waals surface area contributed by atoms with Crippen molar-refractivity contribution in [3.05, 3.63) is 41.4 Å². The Labute approximate surface area is 101 Å². The lowest BCUT2D eigenvalue weighted by molar-refractivity contribution is -0.117. The van der Waals surface area contributed by atoms with Crippen LogP contribution in [-0.4, -0.2) is 30.8 Å². The number of Topliss-reactive ketones (excluding diaryl/α,β-unsaturated/α-hetero) is 1. The first-order chi connectivity index (χ1) is 8.13. The molecule has 5 nitrogen and oxygen atoms in total. The number of carbonyl (C=O) groups is 1. The van der Waals surface area contributed by atoms with Crippen LogP contribution in [0.25, 0.3) is 5.53 Å². The van der Waals surface area contributed by atoms with Gasteiger partial charge in [0.1, 0.15) is 5.75 Å². The first kappa shape index (κ1) is 13.4. The van der Waals surface area contributed by atoms with Gasteiger partial charge in [0, 0.05) is 6.42 Å². The summed E-state index contributed by atoms with van der Waals surface area (Å²) in [5.41, 5.74) is 9.19. The Hall–Kier alpha value is -1.62. The second kappa shape index (κ2) is 6.85. The number of ketones is 1. The van der Waals surface area contributed by atoms with E-state index in [1.165, 1.54) is 0 Å². The summed E-state index contributed by atoms with van der Waals surface area (Å²) in [4.78, 5) is 14.2. The maximum Gasteiger partial charge on any atom is 0.345 e. The topological polar surface area (TPSA) is 93.6 Å². The highest BCUT2D eigenvalue weighted by Gasteiger charge is 2.19. The van der Waals surface area contributed by atoms with Crippen LogP contribution in [0.2, 0.25) is 0 Å². The molecule has 90 valence electrons. The number of rotatable bonds is 6. The van der Waals surface area contributed by atoms with Gasteiger partial charge < -0.3 is 10.1 Å². The number of nitrogens with zero attached hydrogens (tertiary/aromatic N) is 2. The number of hydrogen-bond donors (Lipinski definition) is 0. The van der Waals surface area contributed by atoms with Gasteiger partial charge in [-0.1, -0.05) is 30.3 Å². The van der Waals surface area contributed by atoms with Gasteiger partial charge in [-0.2, -0.15) is 4.79 Å². The van der Waals surface area contributed by atoms with E-state index in [2.05, 4.69) is 4.79 Å². The Morgan fingerprint density at radius 2 is 2.00 bits per heavy atom. The van der Waals surface area contributed by atoms with Crippen molar-refractivity contribution in [1.82, 2.24) is 0 Å². The van der Waals surface area contributed by atoms with Crippen molar-refractivity contribution < 1.29 is 18.3 Å². The summed E-state index contributed by atoms with van der Waals surface area (Å²) >= 11 is -2.43. The molecule has 0 saturated heterocycles. The molecule has 0 radical (unpaired) electrons. The van der Waals surface area contributed by atoms with Gasteiger partial charge in [-0.15, -0.1) is 0 Å². The molecular formula is C11H11N2O3S-. The summed E-state index contributed by atoms with van der Waals surface area (Å²) in [6.07, 6.45) is 0.616. The lowest BCUT2D eigenvalue weighted by Crippen LogP contribution is -2.22. The van der Waals surface area contributed by atoms with Crippen molar-refractivity contribution in [2.24, 2.45) is 0 Å². The van der Waals surface area contributed by atoms with Gasteiger partial charge in [-0.25, -0.2) is 0 Å². The summed E-state index contributed by atoms with van der Waals surface area (Å²) in [6.45, 7) is 0. The Bertz CT molecular complexity index is 467. The minimum Gasteiger partial charge on any atom is -0.772 e. The highest BCUT2D eigenvalue weighted by Crippen LogP contribution is 2.03. The average molecular weight is 251 g/mol. The highest BCUT2D eigenvalue weighted by molar-refractivity contribution is 7.80. The van der Waals surface area contributed by atoms with Crippen LogP contribution in [-0.2, 0) is 22.3 Å². The Morgan fingerprint density at radius 1 is 1.35 bits per heavy atom. The molecule has 0 aliphatic heterocycles. The third kappa shape index (κ3) is 4.82. The molecule has 0 aliphatic carbocycles. The zero-order valence-electron chi connectivity index (χ0n) is 9.04. The van der Waals surface area contributed by atoms with E-state index >= 15 is 0 Å².